The minimum Gasteiger partial charge on any atom is -0.469 e. The molecule has 1 saturated heterocycles. The van der Waals surface area contributed by atoms with Crippen LogP contribution in [0.3, 0.4) is 0 Å². The first-order valence-electron chi connectivity index (χ1n) is 8.80. The van der Waals surface area contributed by atoms with E-state index in [1.54, 1.807) is 29.4 Å². The molecule has 3 rings (SSSR count). The van der Waals surface area contributed by atoms with Gasteiger partial charge in [-0.05, 0) is 43.0 Å². The molecule has 0 spiro atoms. The molecular weight excluding hydrogens is 321 g/mol. The van der Waals surface area contributed by atoms with E-state index in [0.29, 0.717) is 18.6 Å². The topological polar surface area (TPSA) is 42.7 Å². The van der Waals surface area contributed by atoms with Crippen molar-refractivity contribution >= 4 is 5.91 Å². The highest BCUT2D eigenvalue weighted by molar-refractivity contribution is 5.95. The van der Waals surface area contributed by atoms with Crippen LogP contribution in [-0.2, 0) is 11.2 Å². The van der Waals surface area contributed by atoms with E-state index >= 15 is 0 Å². The number of halogens is 1. The number of rotatable bonds is 5. The fourth-order valence-corrected chi connectivity index (χ4v) is 3.35. The standard InChI is InChI=1S/C20H24FNO3/c1-3-4-18-17(10-12-24-18)20(23)22(2)16-9-11-25-19(13-16)14-5-7-15(21)8-6-14/h5-8,10,12,16,19H,3-4,9,11,13H2,1-2H3/t16-,19-/m0/s1. The summed E-state index contributed by atoms with van der Waals surface area (Å²) in [5.41, 5.74) is 1.59. The molecule has 0 saturated carbocycles. The van der Waals surface area contributed by atoms with Gasteiger partial charge in [0.2, 0.25) is 0 Å². The highest BCUT2D eigenvalue weighted by atomic mass is 19.1. The Labute approximate surface area is 147 Å². The van der Waals surface area contributed by atoms with Crippen LogP contribution in [0.15, 0.2) is 41.0 Å². The molecule has 134 valence electrons. The maximum Gasteiger partial charge on any atom is 0.257 e. The number of nitrogens with zero attached hydrogens (tertiary/aromatic N) is 1. The molecular formula is C20H24FNO3. The number of furan rings is 1. The minimum absolute atomic E-state index is 0.0121. The molecule has 0 N–H and O–H groups in total. The average Bonchev–Trinajstić information content (AvgIpc) is 3.10. The van der Waals surface area contributed by atoms with Crippen molar-refractivity contribution in [3.8, 4) is 0 Å². The zero-order chi connectivity index (χ0) is 17.8. The highest BCUT2D eigenvalue weighted by Crippen LogP contribution is 2.31. The molecule has 1 aromatic heterocycles. The molecule has 0 unspecified atom stereocenters. The fourth-order valence-electron chi connectivity index (χ4n) is 3.35. The van der Waals surface area contributed by atoms with Gasteiger partial charge < -0.3 is 14.1 Å². The lowest BCUT2D eigenvalue weighted by atomic mass is 9.96. The molecule has 2 atom stereocenters. The quantitative estimate of drug-likeness (QED) is 0.808. The fraction of sp³-hybridized carbons (Fsp3) is 0.450. The lowest BCUT2D eigenvalue weighted by Crippen LogP contribution is -2.41. The summed E-state index contributed by atoms with van der Waals surface area (Å²) in [6.45, 7) is 2.64. The molecule has 0 aliphatic carbocycles. The van der Waals surface area contributed by atoms with E-state index in [-0.39, 0.29) is 23.9 Å². The Kier molecular flexibility index (Phi) is 5.53. The van der Waals surface area contributed by atoms with E-state index in [0.717, 1.165) is 30.6 Å². The van der Waals surface area contributed by atoms with Crippen molar-refractivity contribution in [2.75, 3.05) is 13.7 Å². The normalized spacial score (nSPS) is 20.4. The van der Waals surface area contributed by atoms with E-state index in [2.05, 4.69) is 6.92 Å². The number of carbonyl (C=O) groups is 1. The third-order valence-corrected chi connectivity index (χ3v) is 4.82. The van der Waals surface area contributed by atoms with Gasteiger partial charge in [-0.3, -0.25) is 4.79 Å². The summed E-state index contributed by atoms with van der Waals surface area (Å²) in [6.07, 6.45) is 4.65. The van der Waals surface area contributed by atoms with Gasteiger partial charge in [-0.15, -0.1) is 0 Å². The zero-order valence-corrected chi connectivity index (χ0v) is 14.7. The predicted octanol–water partition coefficient (Wildman–Crippen LogP) is 4.36. The lowest BCUT2D eigenvalue weighted by Gasteiger charge is -2.35. The molecule has 0 radical (unpaired) electrons. The smallest absolute Gasteiger partial charge is 0.257 e. The zero-order valence-electron chi connectivity index (χ0n) is 14.7. The van der Waals surface area contributed by atoms with Crippen LogP contribution in [0, 0.1) is 5.82 Å². The first-order valence-corrected chi connectivity index (χ1v) is 8.80. The van der Waals surface area contributed by atoms with Crippen molar-refractivity contribution < 1.29 is 18.3 Å². The van der Waals surface area contributed by atoms with Crippen LogP contribution >= 0.6 is 0 Å². The number of amides is 1. The maximum absolute atomic E-state index is 13.1. The monoisotopic (exact) mass is 345 g/mol. The number of ether oxygens (including phenoxy) is 1. The number of hydrogen-bond acceptors (Lipinski definition) is 3. The highest BCUT2D eigenvalue weighted by Gasteiger charge is 2.30. The van der Waals surface area contributed by atoms with E-state index in [1.807, 2.05) is 7.05 Å². The van der Waals surface area contributed by atoms with Crippen molar-refractivity contribution in [1.82, 2.24) is 4.90 Å². The van der Waals surface area contributed by atoms with Crippen LogP contribution in [-0.4, -0.2) is 30.5 Å². The lowest BCUT2D eigenvalue weighted by molar-refractivity contribution is -0.0197. The molecule has 1 aliphatic rings. The number of benzene rings is 1. The molecule has 1 aliphatic heterocycles. The third kappa shape index (κ3) is 3.93. The van der Waals surface area contributed by atoms with Crippen LogP contribution in [0.5, 0.6) is 0 Å². The second-order valence-corrected chi connectivity index (χ2v) is 6.51. The van der Waals surface area contributed by atoms with Gasteiger partial charge in [0.15, 0.2) is 0 Å². The molecule has 25 heavy (non-hydrogen) atoms. The summed E-state index contributed by atoms with van der Waals surface area (Å²) in [6, 6.07) is 8.22. The summed E-state index contributed by atoms with van der Waals surface area (Å²) in [4.78, 5) is 14.7. The minimum atomic E-state index is -0.258. The van der Waals surface area contributed by atoms with Crippen LogP contribution in [0.25, 0.3) is 0 Å². The molecule has 0 bridgehead atoms. The maximum atomic E-state index is 13.1. The number of hydrogen-bond donors (Lipinski definition) is 0. The Hall–Kier alpha value is -2.14. The second-order valence-electron chi connectivity index (χ2n) is 6.51. The molecule has 4 nitrogen and oxygen atoms in total. The Balaban J connectivity index is 1.71. The van der Waals surface area contributed by atoms with Gasteiger partial charge in [0.05, 0.1) is 17.9 Å². The third-order valence-electron chi connectivity index (χ3n) is 4.82. The van der Waals surface area contributed by atoms with Gasteiger partial charge in [-0.25, -0.2) is 4.39 Å². The van der Waals surface area contributed by atoms with Gasteiger partial charge in [-0.2, -0.15) is 0 Å². The van der Waals surface area contributed by atoms with Crippen molar-refractivity contribution in [3.63, 3.8) is 0 Å². The molecule has 2 heterocycles. The number of aryl methyl sites for hydroxylation is 1. The van der Waals surface area contributed by atoms with E-state index in [4.69, 9.17) is 9.15 Å². The molecule has 2 aromatic rings. The van der Waals surface area contributed by atoms with Crippen molar-refractivity contribution in [3.05, 3.63) is 59.3 Å². The average molecular weight is 345 g/mol. The van der Waals surface area contributed by atoms with Gasteiger partial charge in [-0.1, -0.05) is 19.1 Å². The Bertz CT molecular complexity index is 710. The van der Waals surface area contributed by atoms with Gasteiger partial charge >= 0.3 is 0 Å². The Morgan fingerprint density at radius 3 is 2.76 bits per heavy atom. The summed E-state index contributed by atoms with van der Waals surface area (Å²) >= 11 is 0. The summed E-state index contributed by atoms with van der Waals surface area (Å²) in [5, 5.41) is 0. The molecule has 1 fully saturated rings. The Morgan fingerprint density at radius 1 is 1.28 bits per heavy atom. The number of carbonyl (C=O) groups excluding carboxylic acids is 1. The van der Waals surface area contributed by atoms with Crippen molar-refractivity contribution in [2.45, 2.75) is 44.8 Å². The summed E-state index contributed by atoms with van der Waals surface area (Å²) in [5.74, 6) is 0.482. The van der Waals surface area contributed by atoms with Gasteiger partial charge in [0.1, 0.15) is 11.6 Å². The summed E-state index contributed by atoms with van der Waals surface area (Å²) in [7, 11) is 1.84. The van der Waals surface area contributed by atoms with Gasteiger partial charge in [0, 0.05) is 26.1 Å². The van der Waals surface area contributed by atoms with Crippen LogP contribution in [0.4, 0.5) is 4.39 Å². The molecule has 1 amide bonds. The first kappa shape index (κ1) is 17.7. The van der Waals surface area contributed by atoms with Crippen LogP contribution in [0.2, 0.25) is 0 Å². The molecule has 5 heteroatoms. The van der Waals surface area contributed by atoms with Crippen LogP contribution in [0.1, 0.15) is 54.0 Å². The first-order chi connectivity index (χ1) is 12.1. The van der Waals surface area contributed by atoms with Gasteiger partial charge in [0.25, 0.3) is 5.91 Å². The van der Waals surface area contributed by atoms with E-state index < -0.39 is 0 Å². The SMILES string of the molecule is CCCc1occc1C(=O)N(C)[C@H]1CCO[C@H](c2ccc(F)cc2)C1. The van der Waals surface area contributed by atoms with Crippen LogP contribution < -0.4 is 0 Å². The predicted molar refractivity (Wildman–Crippen MR) is 92.9 cm³/mol. The second kappa shape index (κ2) is 7.83. The van der Waals surface area contributed by atoms with E-state index in [9.17, 15) is 9.18 Å². The van der Waals surface area contributed by atoms with Crippen molar-refractivity contribution in [1.29, 1.82) is 0 Å². The largest absolute Gasteiger partial charge is 0.469 e. The van der Waals surface area contributed by atoms with Crippen molar-refractivity contribution in [2.24, 2.45) is 0 Å². The Morgan fingerprint density at radius 2 is 2.04 bits per heavy atom. The van der Waals surface area contributed by atoms with E-state index in [1.165, 1.54) is 12.1 Å². The molecule has 1 aromatic carbocycles. The summed E-state index contributed by atoms with van der Waals surface area (Å²) < 4.78 is 24.4.